The maximum absolute atomic E-state index is 12.0. The molecule has 1 N–H and O–H groups in total. The van der Waals surface area contributed by atoms with E-state index in [0.29, 0.717) is 12.2 Å². The molecule has 0 saturated heterocycles. The number of nitrogens with zero attached hydrogens (tertiary/aromatic N) is 4. The van der Waals surface area contributed by atoms with Crippen molar-refractivity contribution in [1.82, 2.24) is 9.55 Å². The Hall–Kier alpha value is -2.54. The number of fused-ring (bicyclic) bond motifs is 1. The summed E-state index contributed by atoms with van der Waals surface area (Å²) in [5.41, 5.74) is 2.13. The topological polar surface area (TPSA) is 79.8 Å². The molecule has 3 aromatic rings. The van der Waals surface area contributed by atoms with Gasteiger partial charge in [0.05, 0.1) is 11.9 Å². The van der Waals surface area contributed by atoms with Crippen molar-refractivity contribution in [2.45, 2.75) is 39.7 Å². The van der Waals surface area contributed by atoms with Crippen molar-refractivity contribution >= 4 is 33.8 Å². The van der Waals surface area contributed by atoms with E-state index in [1.807, 2.05) is 41.1 Å². The highest BCUT2D eigenvalue weighted by atomic mass is 32.1. The molecule has 25 heavy (non-hydrogen) atoms. The van der Waals surface area contributed by atoms with Crippen LogP contribution in [0.2, 0.25) is 0 Å². The molecule has 3 rings (SSSR count). The summed E-state index contributed by atoms with van der Waals surface area (Å²) < 4.78 is 1.82. The number of thiazole rings is 1. The number of azo groups is 1. The molecule has 0 aliphatic heterocycles. The van der Waals surface area contributed by atoms with Gasteiger partial charge in [0.15, 0.2) is 5.69 Å². The lowest BCUT2D eigenvalue weighted by Crippen LogP contribution is -1.97. The Kier molecular flexibility index (Phi) is 5.23. The molecule has 130 valence electrons. The Morgan fingerprint density at radius 3 is 2.88 bits per heavy atom. The predicted molar refractivity (Wildman–Crippen MR) is 98.6 cm³/mol. The number of rotatable bonds is 6. The van der Waals surface area contributed by atoms with Crippen molar-refractivity contribution < 1.29 is 9.90 Å². The molecule has 0 fully saturated rings. The van der Waals surface area contributed by atoms with Crippen molar-refractivity contribution in [1.29, 1.82) is 0 Å². The second-order valence-electron chi connectivity index (χ2n) is 5.85. The molecule has 0 bridgehead atoms. The van der Waals surface area contributed by atoms with E-state index < -0.39 is 0 Å². The highest BCUT2D eigenvalue weighted by Crippen LogP contribution is 2.39. The normalized spacial score (nSPS) is 11.6. The van der Waals surface area contributed by atoms with Crippen LogP contribution in [-0.2, 0) is 17.8 Å². The number of unbranched alkanes of at least 4 members (excludes halogenated alkanes) is 1. The number of amides is 1. The predicted octanol–water partition coefficient (Wildman–Crippen LogP) is 4.76. The maximum atomic E-state index is 12.0. The SMILES string of the molecule is CCCCn1c(O)c(N=NC(=O)Cc2nc(C)cs2)c2ccccc21. The minimum atomic E-state index is -0.376. The van der Waals surface area contributed by atoms with Crippen molar-refractivity contribution in [2.24, 2.45) is 10.2 Å². The van der Waals surface area contributed by atoms with Crippen LogP contribution in [0.3, 0.4) is 0 Å². The number of aromatic hydroxyl groups is 1. The van der Waals surface area contributed by atoms with Crippen LogP contribution >= 0.6 is 11.3 Å². The first kappa shape index (κ1) is 17.3. The van der Waals surface area contributed by atoms with Gasteiger partial charge in [0.25, 0.3) is 5.91 Å². The number of hydrogen-bond acceptors (Lipinski definition) is 5. The zero-order valence-corrected chi connectivity index (χ0v) is 15.1. The molecule has 1 amide bonds. The molecule has 1 aromatic carbocycles. The highest BCUT2D eigenvalue weighted by molar-refractivity contribution is 7.09. The quantitative estimate of drug-likeness (QED) is 0.646. The zero-order valence-electron chi connectivity index (χ0n) is 14.3. The van der Waals surface area contributed by atoms with Crippen LogP contribution in [0.15, 0.2) is 39.9 Å². The third kappa shape index (κ3) is 3.76. The first-order valence-corrected chi connectivity index (χ1v) is 9.14. The van der Waals surface area contributed by atoms with Gasteiger partial charge in [0.2, 0.25) is 5.88 Å². The molecular formula is C18H20N4O2S. The summed E-state index contributed by atoms with van der Waals surface area (Å²) in [6.07, 6.45) is 2.09. The fourth-order valence-corrected chi connectivity index (χ4v) is 3.43. The molecule has 0 aliphatic rings. The summed E-state index contributed by atoms with van der Waals surface area (Å²) in [6.45, 7) is 4.68. The smallest absolute Gasteiger partial charge is 0.271 e. The van der Waals surface area contributed by atoms with E-state index in [0.717, 1.165) is 34.4 Å². The van der Waals surface area contributed by atoms with Gasteiger partial charge in [0, 0.05) is 23.0 Å². The molecule has 7 heteroatoms. The van der Waals surface area contributed by atoms with Crippen molar-refractivity contribution in [2.75, 3.05) is 0 Å². The molecule has 0 radical (unpaired) electrons. The zero-order chi connectivity index (χ0) is 17.8. The summed E-state index contributed by atoms with van der Waals surface area (Å²) in [5, 5.41) is 21.8. The van der Waals surface area contributed by atoms with Crippen molar-refractivity contribution in [3.05, 3.63) is 40.3 Å². The van der Waals surface area contributed by atoms with Crippen molar-refractivity contribution in [3.63, 3.8) is 0 Å². The molecular weight excluding hydrogens is 336 g/mol. The lowest BCUT2D eigenvalue weighted by Gasteiger charge is -2.05. The summed E-state index contributed by atoms with van der Waals surface area (Å²) in [4.78, 5) is 16.3. The molecule has 0 spiro atoms. The average molecular weight is 356 g/mol. The van der Waals surface area contributed by atoms with Gasteiger partial charge in [-0.15, -0.1) is 21.6 Å². The number of benzene rings is 1. The average Bonchev–Trinajstić information content (AvgIpc) is 3.12. The minimum absolute atomic E-state index is 0.0521. The number of aryl methyl sites for hydroxylation is 2. The highest BCUT2D eigenvalue weighted by Gasteiger charge is 2.16. The van der Waals surface area contributed by atoms with Gasteiger partial charge in [-0.25, -0.2) is 4.98 Å². The summed E-state index contributed by atoms with van der Waals surface area (Å²) in [7, 11) is 0. The largest absolute Gasteiger partial charge is 0.493 e. The van der Waals surface area contributed by atoms with Gasteiger partial charge in [-0.2, -0.15) is 0 Å². The molecule has 0 atom stereocenters. The van der Waals surface area contributed by atoms with E-state index in [1.165, 1.54) is 11.3 Å². The molecule has 6 nitrogen and oxygen atoms in total. The molecule has 0 aliphatic carbocycles. The van der Waals surface area contributed by atoms with E-state index in [9.17, 15) is 9.90 Å². The number of carbonyl (C=O) groups excluding carboxylic acids is 1. The molecule has 2 aromatic heterocycles. The first-order valence-electron chi connectivity index (χ1n) is 8.26. The second kappa shape index (κ2) is 7.57. The third-order valence-corrected chi connectivity index (χ3v) is 4.85. The standard InChI is InChI=1S/C18H20N4O2S/c1-3-4-9-22-14-8-6-5-7-13(14)17(18(22)24)21-20-15(23)10-16-19-12(2)11-25-16/h5-8,11,24H,3-4,9-10H2,1-2H3. The van der Waals surface area contributed by atoms with Crippen LogP contribution in [0.4, 0.5) is 5.69 Å². The van der Waals surface area contributed by atoms with Crippen LogP contribution in [0, 0.1) is 6.92 Å². The van der Waals surface area contributed by atoms with E-state index in [2.05, 4.69) is 22.1 Å². The van der Waals surface area contributed by atoms with Gasteiger partial charge < -0.3 is 9.67 Å². The Balaban J connectivity index is 1.87. The second-order valence-corrected chi connectivity index (χ2v) is 6.79. The Morgan fingerprint density at radius 2 is 2.16 bits per heavy atom. The fourth-order valence-electron chi connectivity index (χ4n) is 2.67. The Labute approximate surface area is 149 Å². The molecule has 2 heterocycles. The number of hydrogen-bond donors (Lipinski definition) is 1. The van der Waals surface area contributed by atoms with Gasteiger partial charge >= 0.3 is 0 Å². The fraction of sp³-hybridized carbons (Fsp3) is 0.333. The molecule has 0 unspecified atom stereocenters. The van der Waals surface area contributed by atoms with Gasteiger partial charge in [0.1, 0.15) is 5.01 Å². The van der Waals surface area contributed by atoms with E-state index in [4.69, 9.17) is 0 Å². The van der Waals surface area contributed by atoms with E-state index >= 15 is 0 Å². The monoisotopic (exact) mass is 356 g/mol. The lowest BCUT2D eigenvalue weighted by molar-refractivity contribution is -0.117. The maximum Gasteiger partial charge on any atom is 0.271 e. The van der Waals surface area contributed by atoms with E-state index in [-0.39, 0.29) is 18.2 Å². The summed E-state index contributed by atoms with van der Waals surface area (Å²) in [5.74, 6) is -0.324. The lowest BCUT2D eigenvalue weighted by atomic mass is 10.2. The number of carbonyl (C=O) groups is 1. The van der Waals surface area contributed by atoms with Gasteiger partial charge in [-0.05, 0) is 19.4 Å². The van der Waals surface area contributed by atoms with Crippen LogP contribution < -0.4 is 0 Å². The summed E-state index contributed by atoms with van der Waals surface area (Å²) >= 11 is 1.43. The van der Waals surface area contributed by atoms with Gasteiger partial charge in [-0.1, -0.05) is 31.5 Å². The van der Waals surface area contributed by atoms with Gasteiger partial charge in [-0.3, -0.25) is 4.79 Å². The van der Waals surface area contributed by atoms with Crippen molar-refractivity contribution in [3.8, 4) is 5.88 Å². The number of aromatic nitrogens is 2. The Morgan fingerprint density at radius 1 is 1.36 bits per heavy atom. The van der Waals surface area contributed by atoms with Crippen LogP contribution in [0.25, 0.3) is 10.9 Å². The first-order chi connectivity index (χ1) is 12.1. The summed E-state index contributed by atoms with van der Waals surface area (Å²) in [6, 6.07) is 7.61. The van der Waals surface area contributed by atoms with E-state index in [1.54, 1.807) is 0 Å². The van der Waals surface area contributed by atoms with Crippen LogP contribution in [0.5, 0.6) is 5.88 Å². The van der Waals surface area contributed by atoms with Crippen LogP contribution in [-0.4, -0.2) is 20.6 Å². The Bertz CT molecular complexity index is 926. The molecule has 0 saturated carbocycles. The third-order valence-electron chi connectivity index (χ3n) is 3.88. The minimum Gasteiger partial charge on any atom is -0.493 e. The number of para-hydroxylation sites is 1. The van der Waals surface area contributed by atoms with Crippen LogP contribution in [0.1, 0.15) is 30.5 Å².